The maximum absolute atomic E-state index is 10.7. The minimum absolute atomic E-state index is 0.202. The van der Waals surface area contributed by atoms with Gasteiger partial charge in [0.25, 0.3) is 0 Å². The van der Waals surface area contributed by atoms with Crippen LogP contribution in [-0.2, 0) is 0 Å². The van der Waals surface area contributed by atoms with Gasteiger partial charge in [-0.1, -0.05) is 12.1 Å². The Morgan fingerprint density at radius 2 is 2.12 bits per heavy atom. The normalized spacial score (nSPS) is 10.1. The number of benzene rings is 1. The standard InChI is InChI=1S/C12H9ClN2O/c1-8-2-3-9(7-16)6-10(8)11-4-5-14-12(13)15-11/h2-7H,1H3. The lowest BCUT2D eigenvalue weighted by atomic mass is 10.0. The first-order chi connectivity index (χ1) is 7.70. The van der Waals surface area contributed by atoms with Crippen LogP contribution in [0.25, 0.3) is 11.3 Å². The summed E-state index contributed by atoms with van der Waals surface area (Å²) in [7, 11) is 0. The molecule has 4 heteroatoms. The highest BCUT2D eigenvalue weighted by atomic mass is 35.5. The molecule has 0 N–H and O–H groups in total. The first-order valence-electron chi connectivity index (χ1n) is 4.75. The van der Waals surface area contributed by atoms with Crippen LogP contribution in [0.4, 0.5) is 0 Å². The second-order valence-corrected chi connectivity index (χ2v) is 3.74. The highest BCUT2D eigenvalue weighted by Crippen LogP contribution is 2.22. The summed E-state index contributed by atoms with van der Waals surface area (Å²) in [6, 6.07) is 7.22. The van der Waals surface area contributed by atoms with E-state index in [0.717, 1.165) is 23.1 Å². The summed E-state index contributed by atoms with van der Waals surface area (Å²) in [5, 5.41) is 0.202. The number of aromatic nitrogens is 2. The molecule has 1 aromatic heterocycles. The van der Waals surface area contributed by atoms with E-state index in [1.807, 2.05) is 13.0 Å². The number of hydrogen-bond acceptors (Lipinski definition) is 3. The van der Waals surface area contributed by atoms with Crippen LogP contribution in [0.15, 0.2) is 30.5 Å². The van der Waals surface area contributed by atoms with E-state index in [9.17, 15) is 4.79 Å². The van der Waals surface area contributed by atoms with Crippen molar-refractivity contribution < 1.29 is 4.79 Å². The van der Waals surface area contributed by atoms with Crippen LogP contribution in [-0.4, -0.2) is 16.3 Å². The monoisotopic (exact) mass is 232 g/mol. The van der Waals surface area contributed by atoms with Gasteiger partial charge < -0.3 is 0 Å². The van der Waals surface area contributed by atoms with Gasteiger partial charge in [-0.25, -0.2) is 9.97 Å². The molecular formula is C12H9ClN2O. The third kappa shape index (κ3) is 2.09. The van der Waals surface area contributed by atoms with Gasteiger partial charge in [-0.15, -0.1) is 0 Å². The predicted octanol–water partition coefficient (Wildman–Crippen LogP) is 2.92. The predicted molar refractivity (Wildman–Crippen MR) is 62.6 cm³/mol. The van der Waals surface area contributed by atoms with Crippen LogP contribution >= 0.6 is 11.6 Å². The summed E-state index contributed by atoms with van der Waals surface area (Å²) < 4.78 is 0. The van der Waals surface area contributed by atoms with Crippen LogP contribution in [0, 0.1) is 6.92 Å². The van der Waals surface area contributed by atoms with E-state index in [0.29, 0.717) is 5.56 Å². The molecule has 2 rings (SSSR count). The quantitative estimate of drug-likeness (QED) is 0.591. The first-order valence-corrected chi connectivity index (χ1v) is 5.13. The number of halogens is 1. The molecule has 3 nitrogen and oxygen atoms in total. The summed E-state index contributed by atoms with van der Waals surface area (Å²) in [6.45, 7) is 1.96. The Kier molecular flexibility index (Phi) is 2.97. The van der Waals surface area contributed by atoms with Crippen LogP contribution in [0.1, 0.15) is 15.9 Å². The van der Waals surface area contributed by atoms with Crippen LogP contribution in [0.2, 0.25) is 5.28 Å². The van der Waals surface area contributed by atoms with E-state index < -0.39 is 0 Å². The average Bonchev–Trinajstić information content (AvgIpc) is 2.30. The third-order valence-electron chi connectivity index (χ3n) is 2.30. The zero-order chi connectivity index (χ0) is 11.5. The van der Waals surface area contributed by atoms with Gasteiger partial charge in [0.1, 0.15) is 6.29 Å². The SMILES string of the molecule is Cc1ccc(C=O)cc1-c1ccnc(Cl)n1. The lowest BCUT2D eigenvalue weighted by molar-refractivity contribution is 0.112. The fourth-order valence-electron chi connectivity index (χ4n) is 1.47. The lowest BCUT2D eigenvalue weighted by Gasteiger charge is -2.05. The molecule has 80 valence electrons. The molecule has 16 heavy (non-hydrogen) atoms. The van der Waals surface area contributed by atoms with Crippen molar-refractivity contribution in [1.82, 2.24) is 9.97 Å². The Morgan fingerprint density at radius 1 is 1.31 bits per heavy atom. The average molecular weight is 233 g/mol. The topological polar surface area (TPSA) is 42.9 Å². The molecule has 0 radical (unpaired) electrons. The molecular weight excluding hydrogens is 224 g/mol. The molecule has 1 aromatic carbocycles. The Hall–Kier alpha value is -1.74. The molecule has 0 bridgehead atoms. The van der Waals surface area contributed by atoms with Gasteiger partial charge in [-0.2, -0.15) is 0 Å². The van der Waals surface area contributed by atoms with Crippen LogP contribution < -0.4 is 0 Å². The van der Waals surface area contributed by atoms with Crippen molar-refractivity contribution in [3.8, 4) is 11.3 Å². The first kappa shape index (κ1) is 10.8. The van der Waals surface area contributed by atoms with E-state index in [1.54, 1.807) is 24.4 Å². The largest absolute Gasteiger partial charge is 0.298 e. The van der Waals surface area contributed by atoms with E-state index in [2.05, 4.69) is 9.97 Å². The highest BCUT2D eigenvalue weighted by Gasteiger charge is 2.05. The fourth-order valence-corrected chi connectivity index (χ4v) is 1.62. The van der Waals surface area contributed by atoms with Gasteiger partial charge in [0.05, 0.1) is 5.69 Å². The Labute approximate surface area is 98.1 Å². The number of nitrogens with zero attached hydrogens (tertiary/aromatic N) is 2. The fraction of sp³-hybridized carbons (Fsp3) is 0.0833. The van der Waals surface area contributed by atoms with Crippen molar-refractivity contribution in [1.29, 1.82) is 0 Å². The molecule has 0 aliphatic heterocycles. The lowest BCUT2D eigenvalue weighted by Crippen LogP contribution is -1.91. The number of hydrogen-bond donors (Lipinski definition) is 0. The second kappa shape index (κ2) is 4.41. The van der Waals surface area contributed by atoms with Gasteiger partial charge in [-0.05, 0) is 36.2 Å². The molecule has 0 aliphatic carbocycles. The van der Waals surface area contributed by atoms with Crippen molar-refractivity contribution in [3.63, 3.8) is 0 Å². The van der Waals surface area contributed by atoms with Gasteiger partial charge in [0, 0.05) is 17.3 Å². The zero-order valence-electron chi connectivity index (χ0n) is 8.64. The number of carbonyl (C=O) groups is 1. The molecule has 0 fully saturated rings. The molecule has 0 spiro atoms. The van der Waals surface area contributed by atoms with E-state index in [1.165, 1.54) is 0 Å². The second-order valence-electron chi connectivity index (χ2n) is 3.40. The summed E-state index contributed by atoms with van der Waals surface area (Å²) in [4.78, 5) is 18.6. The third-order valence-corrected chi connectivity index (χ3v) is 2.48. The van der Waals surface area contributed by atoms with Gasteiger partial charge in [0.2, 0.25) is 5.28 Å². The zero-order valence-corrected chi connectivity index (χ0v) is 9.40. The summed E-state index contributed by atoms with van der Waals surface area (Å²) in [6.07, 6.45) is 2.41. The van der Waals surface area contributed by atoms with Gasteiger partial charge in [0.15, 0.2) is 0 Å². The smallest absolute Gasteiger partial charge is 0.222 e. The van der Waals surface area contributed by atoms with Crippen molar-refractivity contribution >= 4 is 17.9 Å². The minimum atomic E-state index is 0.202. The molecule has 0 aliphatic rings. The molecule has 1 heterocycles. The Bertz CT molecular complexity index is 540. The van der Waals surface area contributed by atoms with Crippen molar-refractivity contribution in [2.45, 2.75) is 6.92 Å². The van der Waals surface area contributed by atoms with Crippen molar-refractivity contribution in [2.24, 2.45) is 0 Å². The molecule has 0 saturated carbocycles. The minimum Gasteiger partial charge on any atom is -0.298 e. The highest BCUT2D eigenvalue weighted by molar-refractivity contribution is 6.28. The molecule has 0 amide bonds. The Balaban J connectivity index is 2.58. The number of carbonyl (C=O) groups excluding carboxylic acids is 1. The van der Waals surface area contributed by atoms with Crippen molar-refractivity contribution in [3.05, 3.63) is 46.9 Å². The van der Waals surface area contributed by atoms with E-state index in [4.69, 9.17) is 11.6 Å². The number of rotatable bonds is 2. The number of aryl methyl sites for hydroxylation is 1. The van der Waals surface area contributed by atoms with Crippen LogP contribution in [0.3, 0.4) is 0 Å². The molecule has 0 unspecified atom stereocenters. The van der Waals surface area contributed by atoms with E-state index >= 15 is 0 Å². The molecule has 0 saturated heterocycles. The summed E-state index contributed by atoms with van der Waals surface area (Å²) >= 11 is 5.73. The summed E-state index contributed by atoms with van der Waals surface area (Å²) in [5.74, 6) is 0. The maximum Gasteiger partial charge on any atom is 0.222 e. The van der Waals surface area contributed by atoms with Gasteiger partial charge in [-0.3, -0.25) is 4.79 Å². The number of aldehydes is 1. The maximum atomic E-state index is 10.7. The van der Waals surface area contributed by atoms with Crippen LogP contribution in [0.5, 0.6) is 0 Å². The van der Waals surface area contributed by atoms with Gasteiger partial charge >= 0.3 is 0 Å². The molecule has 0 atom stereocenters. The van der Waals surface area contributed by atoms with Crippen molar-refractivity contribution in [2.75, 3.05) is 0 Å². The Morgan fingerprint density at radius 3 is 2.81 bits per heavy atom. The van der Waals surface area contributed by atoms with E-state index in [-0.39, 0.29) is 5.28 Å². The summed E-state index contributed by atoms with van der Waals surface area (Å²) in [5.41, 5.74) is 3.28. The molecule has 2 aromatic rings.